The zero-order valence-corrected chi connectivity index (χ0v) is 10.5. The molecule has 1 N–H and O–H groups in total. The molecule has 0 amide bonds. The Morgan fingerprint density at radius 3 is 2.53 bits per heavy atom. The fourth-order valence-corrected chi connectivity index (χ4v) is 2.16. The van der Waals surface area contributed by atoms with Crippen molar-refractivity contribution >= 4 is 12.4 Å². The maximum absolute atomic E-state index is 11.8. The predicted molar refractivity (Wildman–Crippen MR) is 64.0 cm³/mol. The molecule has 17 heavy (non-hydrogen) atoms. The van der Waals surface area contributed by atoms with Gasteiger partial charge in [-0.15, -0.1) is 10.2 Å². The Labute approximate surface area is 98.8 Å². The summed E-state index contributed by atoms with van der Waals surface area (Å²) in [5.41, 5.74) is 0. The van der Waals surface area contributed by atoms with Crippen LogP contribution in [-0.2, 0) is 11.2 Å². The lowest BCUT2D eigenvalue weighted by atomic mass is 10.3. The van der Waals surface area contributed by atoms with Gasteiger partial charge in [-0.1, -0.05) is 5.21 Å². The standard InChI is InChI=1S/C10H13N4O2P/c1-17(2,15)9-5-3-8(4-6-9)16-7-10-11-13-14-12-10/h3-6H,7H2,1-2H3,(H,11,12,13,14). The average molecular weight is 252 g/mol. The first kappa shape index (κ1) is 11.8. The first-order valence-electron chi connectivity index (χ1n) is 5.06. The van der Waals surface area contributed by atoms with Crippen molar-refractivity contribution in [1.29, 1.82) is 0 Å². The SMILES string of the molecule is CP(C)(=O)c1ccc(OCc2nn[nH]n2)cc1. The molecule has 1 heterocycles. The first-order valence-corrected chi connectivity index (χ1v) is 7.66. The maximum atomic E-state index is 11.8. The van der Waals surface area contributed by atoms with Crippen molar-refractivity contribution in [2.45, 2.75) is 6.61 Å². The Morgan fingerprint density at radius 2 is 2.00 bits per heavy atom. The smallest absolute Gasteiger partial charge is 0.211 e. The molecule has 0 saturated heterocycles. The van der Waals surface area contributed by atoms with E-state index in [1.165, 1.54) is 0 Å². The lowest BCUT2D eigenvalue weighted by molar-refractivity contribution is 0.296. The number of aromatic nitrogens is 4. The van der Waals surface area contributed by atoms with Gasteiger partial charge in [0.2, 0.25) is 5.82 Å². The largest absolute Gasteiger partial charge is 0.485 e. The van der Waals surface area contributed by atoms with Crippen LogP contribution in [0.3, 0.4) is 0 Å². The number of H-pyrrole nitrogens is 1. The number of rotatable bonds is 4. The second-order valence-electron chi connectivity index (χ2n) is 3.96. The number of ether oxygens (including phenoxy) is 1. The van der Waals surface area contributed by atoms with E-state index in [9.17, 15) is 4.57 Å². The minimum atomic E-state index is -2.20. The van der Waals surface area contributed by atoms with Crippen molar-refractivity contribution in [3.63, 3.8) is 0 Å². The topological polar surface area (TPSA) is 80.8 Å². The third-order valence-corrected chi connectivity index (χ3v) is 3.76. The highest BCUT2D eigenvalue weighted by Crippen LogP contribution is 2.34. The van der Waals surface area contributed by atoms with Gasteiger partial charge in [0.25, 0.3) is 0 Å². The van der Waals surface area contributed by atoms with Gasteiger partial charge in [0.05, 0.1) is 0 Å². The molecule has 1 aromatic carbocycles. The number of aromatic amines is 1. The maximum Gasteiger partial charge on any atom is 0.211 e. The molecule has 7 heteroatoms. The van der Waals surface area contributed by atoms with Crippen molar-refractivity contribution in [3.8, 4) is 5.75 Å². The van der Waals surface area contributed by atoms with Gasteiger partial charge in [-0.3, -0.25) is 0 Å². The second-order valence-corrected chi connectivity index (χ2v) is 7.18. The predicted octanol–water partition coefficient (Wildman–Crippen LogP) is 1.03. The summed E-state index contributed by atoms with van der Waals surface area (Å²) in [6.45, 7) is 3.73. The van der Waals surface area contributed by atoms with Gasteiger partial charge in [0, 0.05) is 5.30 Å². The van der Waals surface area contributed by atoms with Crippen LogP contribution in [0.2, 0.25) is 0 Å². The highest BCUT2D eigenvalue weighted by Gasteiger charge is 2.10. The molecule has 0 aliphatic rings. The quantitative estimate of drug-likeness (QED) is 0.822. The molecule has 0 radical (unpaired) electrons. The Balaban J connectivity index is 2.01. The summed E-state index contributed by atoms with van der Waals surface area (Å²) in [7, 11) is -2.20. The van der Waals surface area contributed by atoms with Crippen LogP contribution in [0.25, 0.3) is 0 Å². The fourth-order valence-electron chi connectivity index (χ4n) is 1.29. The fraction of sp³-hybridized carbons (Fsp3) is 0.300. The monoisotopic (exact) mass is 252 g/mol. The summed E-state index contributed by atoms with van der Waals surface area (Å²) in [4.78, 5) is 0. The highest BCUT2D eigenvalue weighted by atomic mass is 31.2. The molecule has 0 aliphatic heterocycles. The van der Waals surface area contributed by atoms with Crippen molar-refractivity contribution in [3.05, 3.63) is 30.1 Å². The summed E-state index contributed by atoms with van der Waals surface area (Å²) in [6.07, 6.45) is 0. The second kappa shape index (κ2) is 4.67. The minimum absolute atomic E-state index is 0.256. The normalized spacial score (nSPS) is 11.4. The molecule has 0 unspecified atom stereocenters. The van der Waals surface area contributed by atoms with Gasteiger partial charge in [-0.25, -0.2) is 0 Å². The molecule has 0 saturated carbocycles. The van der Waals surface area contributed by atoms with Crippen LogP contribution < -0.4 is 10.0 Å². The number of nitrogens with zero attached hydrogens (tertiary/aromatic N) is 3. The number of benzene rings is 1. The minimum Gasteiger partial charge on any atom is -0.485 e. The van der Waals surface area contributed by atoms with Crippen molar-refractivity contribution in [2.75, 3.05) is 13.3 Å². The lowest BCUT2D eigenvalue weighted by Gasteiger charge is -2.08. The van der Waals surface area contributed by atoms with Crippen molar-refractivity contribution < 1.29 is 9.30 Å². The van der Waals surface area contributed by atoms with Gasteiger partial charge in [0.15, 0.2) is 6.61 Å². The lowest BCUT2D eigenvalue weighted by Crippen LogP contribution is -2.03. The molecule has 2 aromatic rings. The van der Waals surface area contributed by atoms with E-state index in [4.69, 9.17) is 4.74 Å². The molecule has 0 fully saturated rings. The Kier molecular flexibility index (Phi) is 3.24. The molecule has 90 valence electrons. The van der Waals surface area contributed by atoms with E-state index in [1.807, 2.05) is 12.1 Å². The molecular formula is C10H13N4O2P. The Morgan fingerprint density at radius 1 is 1.29 bits per heavy atom. The number of hydrogen-bond acceptors (Lipinski definition) is 5. The summed E-state index contributed by atoms with van der Waals surface area (Å²) in [6, 6.07) is 7.20. The Bertz CT molecular complexity index is 518. The Hall–Kier alpha value is -1.68. The molecular weight excluding hydrogens is 239 g/mol. The van der Waals surface area contributed by atoms with Crippen LogP contribution in [-0.4, -0.2) is 34.0 Å². The number of nitrogens with one attached hydrogen (secondary N) is 1. The van der Waals surface area contributed by atoms with Gasteiger partial charge in [-0.05, 0) is 37.6 Å². The summed E-state index contributed by atoms with van der Waals surface area (Å²) in [5, 5.41) is 14.2. The average Bonchev–Trinajstić information content (AvgIpc) is 2.78. The summed E-state index contributed by atoms with van der Waals surface area (Å²) < 4.78 is 17.2. The van der Waals surface area contributed by atoms with Gasteiger partial charge in [-0.2, -0.15) is 5.21 Å². The highest BCUT2D eigenvalue weighted by molar-refractivity contribution is 7.70. The van der Waals surface area contributed by atoms with Crippen LogP contribution in [0, 0.1) is 0 Å². The molecule has 0 aliphatic carbocycles. The van der Waals surface area contributed by atoms with Crippen LogP contribution in [0.4, 0.5) is 0 Å². The molecule has 1 aromatic heterocycles. The van der Waals surface area contributed by atoms with E-state index >= 15 is 0 Å². The van der Waals surface area contributed by atoms with Gasteiger partial charge < -0.3 is 9.30 Å². The van der Waals surface area contributed by atoms with E-state index in [1.54, 1.807) is 25.5 Å². The van der Waals surface area contributed by atoms with Crippen LogP contribution in [0.1, 0.15) is 5.82 Å². The van der Waals surface area contributed by atoms with Crippen molar-refractivity contribution in [1.82, 2.24) is 20.6 Å². The third-order valence-electron chi connectivity index (χ3n) is 2.22. The summed E-state index contributed by atoms with van der Waals surface area (Å²) in [5.74, 6) is 1.18. The molecule has 0 atom stereocenters. The zero-order chi connectivity index (χ0) is 12.3. The van der Waals surface area contributed by atoms with E-state index in [0.717, 1.165) is 5.30 Å². The zero-order valence-electron chi connectivity index (χ0n) is 9.62. The van der Waals surface area contributed by atoms with E-state index in [2.05, 4.69) is 20.6 Å². The van der Waals surface area contributed by atoms with E-state index < -0.39 is 7.14 Å². The van der Waals surface area contributed by atoms with Gasteiger partial charge >= 0.3 is 0 Å². The van der Waals surface area contributed by atoms with Crippen LogP contribution >= 0.6 is 7.14 Å². The molecule has 0 bridgehead atoms. The van der Waals surface area contributed by atoms with E-state index in [0.29, 0.717) is 11.6 Å². The summed E-state index contributed by atoms with van der Waals surface area (Å²) >= 11 is 0. The van der Waals surface area contributed by atoms with E-state index in [-0.39, 0.29) is 6.61 Å². The van der Waals surface area contributed by atoms with Crippen LogP contribution in [0.5, 0.6) is 5.75 Å². The molecule has 2 rings (SSSR count). The molecule has 0 spiro atoms. The number of tetrazole rings is 1. The third kappa shape index (κ3) is 3.14. The van der Waals surface area contributed by atoms with Crippen molar-refractivity contribution in [2.24, 2.45) is 0 Å². The molecule has 6 nitrogen and oxygen atoms in total. The van der Waals surface area contributed by atoms with Crippen LogP contribution in [0.15, 0.2) is 24.3 Å². The number of hydrogen-bond donors (Lipinski definition) is 1. The first-order chi connectivity index (χ1) is 8.05. The van der Waals surface area contributed by atoms with Gasteiger partial charge in [0.1, 0.15) is 12.9 Å².